The highest BCUT2D eigenvalue weighted by Gasteiger charge is 2.12. The number of rotatable bonds is 3. The lowest BCUT2D eigenvalue weighted by molar-refractivity contribution is 0.575. The van der Waals surface area contributed by atoms with E-state index in [1.165, 1.54) is 6.07 Å². The molecule has 19 heavy (non-hydrogen) atoms. The first-order valence-corrected chi connectivity index (χ1v) is 7.37. The van der Waals surface area contributed by atoms with Crippen molar-refractivity contribution in [3.05, 3.63) is 56.5 Å². The lowest BCUT2D eigenvalue weighted by Crippen LogP contribution is -1.94. The Morgan fingerprint density at radius 2 is 1.84 bits per heavy atom. The van der Waals surface area contributed by atoms with E-state index >= 15 is 0 Å². The molecule has 0 aliphatic carbocycles. The molecule has 0 aliphatic rings. The summed E-state index contributed by atoms with van der Waals surface area (Å²) < 4.78 is 29.4. The van der Waals surface area contributed by atoms with Crippen molar-refractivity contribution in [1.29, 1.82) is 0 Å². The summed E-state index contributed by atoms with van der Waals surface area (Å²) in [5.41, 5.74) is 0.148. The van der Waals surface area contributed by atoms with Gasteiger partial charge in [-0.3, -0.25) is 0 Å². The standard InChI is InChI=1S/C12H6BrCl2F2NS/c13-11-8(16)3-4-9(12(11)17)18-19-10-5-6(14)1-2-7(10)15/h1-5,18H. The number of hydrogen-bond acceptors (Lipinski definition) is 2. The minimum absolute atomic E-state index is 0.148. The van der Waals surface area contributed by atoms with E-state index in [0.29, 0.717) is 14.9 Å². The Balaban J connectivity index is 2.19. The molecule has 0 unspecified atom stereocenters. The summed E-state index contributed by atoms with van der Waals surface area (Å²) in [6.07, 6.45) is 0. The van der Waals surface area contributed by atoms with Gasteiger partial charge >= 0.3 is 0 Å². The van der Waals surface area contributed by atoms with Crippen LogP contribution in [0, 0.1) is 11.6 Å². The Morgan fingerprint density at radius 1 is 1.11 bits per heavy atom. The maximum atomic E-state index is 13.7. The van der Waals surface area contributed by atoms with Crippen molar-refractivity contribution >= 4 is 56.8 Å². The summed E-state index contributed by atoms with van der Waals surface area (Å²) >= 11 is 15.8. The number of halogens is 5. The van der Waals surface area contributed by atoms with Crippen LogP contribution in [-0.2, 0) is 0 Å². The number of nitrogens with one attached hydrogen (secondary N) is 1. The SMILES string of the molecule is Fc1ccc(NSc2cc(Cl)ccc2Cl)c(F)c1Br. The second-order valence-electron chi connectivity index (χ2n) is 3.50. The average Bonchev–Trinajstić information content (AvgIpc) is 2.39. The van der Waals surface area contributed by atoms with Crippen LogP contribution in [0.15, 0.2) is 39.7 Å². The van der Waals surface area contributed by atoms with Crippen molar-refractivity contribution in [3.8, 4) is 0 Å². The molecule has 0 radical (unpaired) electrons. The van der Waals surface area contributed by atoms with Crippen molar-refractivity contribution in [2.24, 2.45) is 0 Å². The summed E-state index contributed by atoms with van der Waals surface area (Å²) in [7, 11) is 0. The monoisotopic (exact) mass is 383 g/mol. The minimum atomic E-state index is -0.703. The van der Waals surface area contributed by atoms with Gasteiger partial charge in [0.05, 0.1) is 15.2 Å². The number of hydrogen-bond donors (Lipinski definition) is 1. The lowest BCUT2D eigenvalue weighted by atomic mass is 10.3. The molecule has 7 heteroatoms. The fraction of sp³-hybridized carbons (Fsp3) is 0. The summed E-state index contributed by atoms with van der Waals surface area (Å²) in [5, 5.41) is 1.01. The van der Waals surface area contributed by atoms with Gasteiger partial charge in [-0.25, -0.2) is 8.78 Å². The van der Waals surface area contributed by atoms with Crippen LogP contribution in [0.2, 0.25) is 10.0 Å². The topological polar surface area (TPSA) is 12.0 Å². The predicted molar refractivity (Wildman–Crippen MR) is 80.0 cm³/mol. The van der Waals surface area contributed by atoms with Crippen LogP contribution >= 0.6 is 51.1 Å². The van der Waals surface area contributed by atoms with Crippen LogP contribution in [-0.4, -0.2) is 0 Å². The largest absolute Gasteiger partial charge is 0.323 e. The van der Waals surface area contributed by atoms with E-state index in [1.807, 2.05) is 0 Å². The summed E-state index contributed by atoms with van der Waals surface area (Å²) in [4.78, 5) is 0.647. The molecule has 0 spiro atoms. The third kappa shape index (κ3) is 3.54. The Bertz CT molecular complexity index is 625. The molecule has 0 aromatic heterocycles. The molecule has 2 aromatic rings. The molecule has 0 heterocycles. The van der Waals surface area contributed by atoms with Gasteiger partial charge < -0.3 is 4.72 Å². The Labute approximate surface area is 131 Å². The van der Waals surface area contributed by atoms with Crippen LogP contribution in [0.1, 0.15) is 0 Å². The van der Waals surface area contributed by atoms with Gasteiger partial charge in [0.1, 0.15) is 5.82 Å². The van der Waals surface area contributed by atoms with Crippen molar-refractivity contribution in [3.63, 3.8) is 0 Å². The second-order valence-corrected chi connectivity index (χ2v) is 5.99. The quantitative estimate of drug-likeness (QED) is 0.502. The molecular weight excluding hydrogens is 379 g/mol. The zero-order chi connectivity index (χ0) is 14.0. The van der Waals surface area contributed by atoms with Crippen LogP contribution in [0.3, 0.4) is 0 Å². The van der Waals surface area contributed by atoms with Gasteiger partial charge in [-0.1, -0.05) is 23.2 Å². The van der Waals surface area contributed by atoms with Crippen LogP contribution in [0.25, 0.3) is 0 Å². The zero-order valence-electron chi connectivity index (χ0n) is 9.18. The molecule has 0 saturated carbocycles. The summed E-state index contributed by atoms with van der Waals surface area (Å²) in [5.74, 6) is -1.36. The van der Waals surface area contributed by atoms with Crippen molar-refractivity contribution in [2.45, 2.75) is 4.90 Å². The van der Waals surface area contributed by atoms with Crippen LogP contribution < -0.4 is 4.72 Å². The van der Waals surface area contributed by atoms with Gasteiger partial charge in [-0.2, -0.15) is 0 Å². The average molecular weight is 385 g/mol. The fourth-order valence-corrected chi connectivity index (χ4v) is 2.81. The molecule has 0 bridgehead atoms. The lowest BCUT2D eigenvalue weighted by Gasteiger charge is -2.09. The normalized spacial score (nSPS) is 10.6. The summed E-state index contributed by atoms with van der Waals surface area (Å²) in [6, 6.07) is 7.42. The maximum absolute atomic E-state index is 13.7. The summed E-state index contributed by atoms with van der Waals surface area (Å²) in [6.45, 7) is 0. The van der Waals surface area contributed by atoms with E-state index in [4.69, 9.17) is 23.2 Å². The van der Waals surface area contributed by atoms with E-state index < -0.39 is 11.6 Å². The molecule has 1 nitrogen and oxygen atoms in total. The predicted octanol–water partition coefficient (Wildman–Crippen LogP) is 6.15. The molecule has 0 amide bonds. The van der Waals surface area contributed by atoms with Crippen molar-refractivity contribution in [2.75, 3.05) is 4.72 Å². The molecule has 1 N–H and O–H groups in total. The molecule has 2 rings (SSSR count). The molecule has 100 valence electrons. The third-order valence-corrected chi connectivity index (χ3v) is 4.48. The molecule has 0 fully saturated rings. The molecule has 0 atom stereocenters. The smallest absolute Gasteiger partial charge is 0.164 e. The maximum Gasteiger partial charge on any atom is 0.164 e. The van der Waals surface area contributed by atoms with E-state index in [0.717, 1.165) is 18.0 Å². The minimum Gasteiger partial charge on any atom is -0.323 e. The first-order chi connectivity index (χ1) is 8.99. The highest BCUT2D eigenvalue weighted by Crippen LogP contribution is 2.33. The fourth-order valence-electron chi connectivity index (χ4n) is 1.27. The van der Waals surface area contributed by atoms with Gasteiger partial charge in [-0.15, -0.1) is 0 Å². The van der Waals surface area contributed by atoms with E-state index in [2.05, 4.69) is 20.7 Å². The van der Waals surface area contributed by atoms with Gasteiger partial charge in [0, 0.05) is 9.92 Å². The van der Waals surface area contributed by atoms with Gasteiger partial charge in [0.15, 0.2) is 5.82 Å². The van der Waals surface area contributed by atoms with E-state index in [1.54, 1.807) is 18.2 Å². The van der Waals surface area contributed by atoms with Gasteiger partial charge in [-0.05, 0) is 58.2 Å². The van der Waals surface area contributed by atoms with Crippen molar-refractivity contribution < 1.29 is 8.78 Å². The number of anilines is 1. The third-order valence-electron chi connectivity index (χ3n) is 2.20. The van der Waals surface area contributed by atoms with Crippen LogP contribution in [0.4, 0.5) is 14.5 Å². The zero-order valence-corrected chi connectivity index (χ0v) is 13.1. The number of benzene rings is 2. The Morgan fingerprint density at radius 3 is 2.58 bits per heavy atom. The Kier molecular flexibility index (Phi) is 4.95. The second kappa shape index (κ2) is 6.31. The first-order valence-electron chi connectivity index (χ1n) is 5.00. The molecular formula is C12H6BrCl2F2NS. The molecule has 0 aliphatic heterocycles. The van der Waals surface area contributed by atoms with Gasteiger partial charge in [0.2, 0.25) is 0 Å². The first kappa shape index (κ1) is 14.9. The highest BCUT2D eigenvalue weighted by molar-refractivity contribution is 9.10. The van der Waals surface area contributed by atoms with E-state index in [-0.39, 0.29) is 10.2 Å². The molecule has 2 aromatic carbocycles. The van der Waals surface area contributed by atoms with Crippen LogP contribution in [0.5, 0.6) is 0 Å². The Hall–Kier alpha value is -0.490. The highest BCUT2D eigenvalue weighted by atomic mass is 79.9. The molecule has 0 saturated heterocycles. The van der Waals surface area contributed by atoms with Crippen molar-refractivity contribution in [1.82, 2.24) is 0 Å². The van der Waals surface area contributed by atoms with E-state index in [9.17, 15) is 8.78 Å². The van der Waals surface area contributed by atoms with Gasteiger partial charge in [0.25, 0.3) is 0 Å².